The van der Waals surface area contributed by atoms with E-state index < -0.39 is 5.97 Å². The van der Waals surface area contributed by atoms with Crippen LogP contribution in [0.5, 0.6) is 5.75 Å². The average molecular weight is 257 g/mol. The van der Waals surface area contributed by atoms with E-state index in [0.29, 0.717) is 18.9 Å². The Labute approximate surface area is 111 Å². The number of nitrogens with two attached hydrogens (primary N) is 1. The van der Waals surface area contributed by atoms with Crippen molar-refractivity contribution in [1.29, 1.82) is 0 Å². The molecular weight excluding hydrogens is 242 g/mol. The summed E-state index contributed by atoms with van der Waals surface area (Å²) >= 11 is 0. The number of aromatic carboxylic acids is 1. The Morgan fingerprint density at radius 3 is 2.11 bits per heavy atom. The molecule has 4 nitrogen and oxygen atoms in total. The number of carboxylic acid groups (broad SMARTS) is 1. The number of hydrogen-bond donors (Lipinski definition) is 2. The van der Waals surface area contributed by atoms with Crippen molar-refractivity contribution in [2.75, 3.05) is 0 Å². The van der Waals surface area contributed by atoms with Gasteiger partial charge < -0.3 is 15.6 Å². The van der Waals surface area contributed by atoms with Crippen LogP contribution in [-0.4, -0.2) is 11.1 Å². The lowest BCUT2D eigenvalue weighted by Gasteiger charge is -2.07. The van der Waals surface area contributed by atoms with Gasteiger partial charge in [-0.2, -0.15) is 0 Å². The molecule has 0 aliphatic heterocycles. The number of rotatable bonds is 5. The first-order valence-corrected chi connectivity index (χ1v) is 5.93. The molecule has 0 bridgehead atoms. The van der Waals surface area contributed by atoms with Gasteiger partial charge in [-0.15, -0.1) is 0 Å². The van der Waals surface area contributed by atoms with E-state index in [1.807, 2.05) is 24.3 Å². The summed E-state index contributed by atoms with van der Waals surface area (Å²) in [6.07, 6.45) is 0. The Morgan fingerprint density at radius 2 is 1.58 bits per heavy atom. The lowest BCUT2D eigenvalue weighted by molar-refractivity contribution is 0.0697. The molecule has 98 valence electrons. The van der Waals surface area contributed by atoms with E-state index in [1.165, 1.54) is 12.1 Å². The number of benzene rings is 2. The minimum atomic E-state index is -0.941. The molecule has 2 rings (SSSR count). The minimum absolute atomic E-state index is 0.250. The Hall–Kier alpha value is -2.33. The predicted molar refractivity (Wildman–Crippen MR) is 72.1 cm³/mol. The molecule has 3 N–H and O–H groups in total. The maximum Gasteiger partial charge on any atom is 0.335 e. The van der Waals surface area contributed by atoms with Crippen LogP contribution in [0.4, 0.5) is 0 Å². The summed E-state index contributed by atoms with van der Waals surface area (Å²) in [5, 5.41) is 8.78. The van der Waals surface area contributed by atoms with Crippen molar-refractivity contribution in [1.82, 2.24) is 0 Å². The minimum Gasteiger partial charge on any atom is -0.489 e. The molecule has 0 saturated carbocycles. The quantitative estimate of drug-likeness (QED) is 0.862. The van der Waals surface area contributed by atoms with Gasteiger partial charge in [-0.25, -0.2) is 4.79 Å². The first kappa shape index (κ1) is 13.1. The highest BCUT2D eigenvalue weighted by molar-refractivity contribution is 5.87. The molecule has 4 heteroatoms. The lowest BCUT2D eigenvalue weighted by Crippen LogP contribution is -1.99. The average Bonchev–Trinajstić information content (AvgIpc) is 2.46. The molecule has 0 unspecified atom stereocenters. The highest BCUT2D eigenvalue weighted by Gasteiger charge is 2.02. The summed E-state index contributed by atoms with van der Waals surface area (Å²) in [7, 11) is 0. The number of carboxylic acids is 1. The zero-order valence-corrected chi connectivity index (χ0v) is 10.4. The largest absolute Gasteiger partial charge is 0.489 e. The third kappa shape index (κ3) is 3.56. The van der Waals surface area contributed by atoms with Crippen LogP contribution in [0.15, 0.2) is 48.5 Å². The second-order valence-corrected chi connectivity index (χ2v) is 4.14. The molecule has 0 spiro atoms. The fraction of sp³-hybridized carbons (Fsp3) is 0.133. The molecule has 0 saturated heterocycles. The van der Waals surface area contributed by atoms with E-state index >= 15 is 0 Å². The number of ether oxygens (including phenoxy) is 1. The maximum atomic E-state index is 10.7. The van der Waals surface area contributed by atoms with Crippen molar-refractivity contribution in [2.24, 2.45) is 5.73 Å². The van der Waals surface area contributed by atoms with E-state index in [0.717, 1.165) is 11.1 Å². The van der Waals surface area contributed by atoms with Crippen LogP contribution in [0.25, 0.3) is 0 Å². The maximum absolute atomic E-state index is 10.7. The van der Waals surface area contributed by atoms with Crippen molar-refractivity contribution in [3.8, 4) is 5.75 Å². The highest BCUT2D eigenvalue weighted by Crippen LogP contribution is 2.14. The van der Waals surface area contributed by atoms with Gasteiger partial charge in [-0.1, -0.05) is 24.3 Å². The Morgan fingerprint density at radius 1 is 1.00 bits per heavy atom. The van der Waals surface area contributed by atoms with Crippen molar-refractivity contribution in [3.63, 3.8) is 0 Å². The van der Waals surface area contributed by atoms with Crippen molar-refractivity contribution < 1.29 is 14.6 Å². The molecule has 0 aliphatic rings. The van der Waals surface area contributed by atoms with Crippen molar-refractivity contribution >= 4 is 5.97 Å². The van der Waals surface area contributed by atoms with Crippen LogP contribution >= 0.6 is 0 Å². The molecule has 0 aromatic heterocycles. The standard InChI is InChI=1S/C15H15NO3/c16-9-11-1-3-12(4-2-11)10-19-14-7-5-13(6-8-14)15(17)18/h1-8H,9-10,16H2,(H,17,18). The lowest BCUT2D eigenvalue weighted by atomic mass is 10.1. The van der Waals surface area contributed by atoms with Crippen LogP contribution in [0, 0.1) is 0 Å². The first-order valence-electron chi connectivity index (χ1n) is 5.93. The topological polar surface area (TPSA) is 72.5 Å². The summed E-state index contributed by atoms with van der Waals surface area (Å²) in [6.45, 7) is 0.967. The SMILES string of the molecule is NCc1ccc(COc2ccc(C(=O)O)cc2)cc1. The molecule has 0 atom stereocenters. The van der Waals surface area contributed by atoms with Crippen LogP contribution in [0.3, 0.4) is 0 Å². The Bertz CT molecular complexity index is 547. The van der Waals surface area contributed by atoms with E-state index in [2.05, 4.69) is 0 Å². The summed E-state index contributed by atoms with van der Waals surface area (Å²) in [5.41, 5.74) is 7.89. The number of carbonyl (C=O) groups is 1. The first-order chi connectivity index (χ1) is 9.19. The molecule has 2 aromatic rings. The molecule has 0 amide bonds. The molecule has 0 heterocycles. The van der Waals surface area contributed by atoms with Gasteiger partial charge in [-0.05, 0) is 35.4 Å². The third-order valence-corrected chi connectivity index (χ3v) is 2.77. The smallest absolute Gasteiger partial charge is 0.335 e. The summed E-state index contributed by atoms with van der Waals surface area (Å²) in [6, 6.07) is 14.2. The summed E-state index contributed by atoms with van der Waals surface area (Å²) in [4.78, 5) is 10.7. The Balaban J connectivity index is 1.95. The van der Waals surface area contributed by atoms with E-state index in [4.69, 9.17) is 15.6 Å². The van der Waals surface area contributed by atoms with Gasteiger partial charge in [0, 0.05) is 6.54 Å². The monoisotopic (exact) mass is 257 g/mol. The van der Waals surface area contributed by atoms with E-state index in [-0.39, 0.29) is 5.56 Å². The molecule has 0 fully saturated rings. The molecule has 19 heavy (non-hydrogen) atoms. The molecule has 2 aromatic carbocycles. The van der Waals surface area contributed by atoms with Crippen LogP contribution < -0.4 is 10.5 Å². The van der Waals surface area contributed by atoms with E-state index in [9.17, 15) is 4.79 Å². The second kappa shape index (κ2) is 6.02. The van der Waals surface area contributed by atoms with Crippen molar-refractivity contribution in [2.45, 2.75) is 13.2 Å². The second-order valence-electron chi connectivity index (χ2n) is 4.14. The van der Waals surface area contributed by atoms with Crippen LogP contribution in [-0.2, 0) is 13.2 Å². The summed E-state index contributed by atoms with van der Waals surface area (Å²) in [5.74, 6) is -0.295. The van der Waals surface area contributed by atoms with Gasteiger partial charge in [0.15, 0.2) is 0 Å². The highest BCUT2D eigenvalue weighted by atomic mass is 16.5. The molecular formula is C15H15NO3. The van der Waals surface area contributed by atoms with E-state index in [1.54, 1.807) is 12.1 Å². The zero-order chi connectivity index (χ0) is 13.7. The molecule has 0 aliphatic carbocycles. The number of hydrogen-bond acceptors (Lipinski definition) is 3. The van der Waals surface area contributed by atoms with Gasteiger partial charge in [0.05, 0.1) is 5.56 Å². The van der Waals surface area contributed by atoms with Gasteiger partial charge in [-0.3, -0.25) is 0 Å². The zero-order valence-electron chi connectivity index (χ0n) is 10.4. The van der Waals surface area contributed by atoms with Gasteiger partial charge >= 0.3 is 5.97 Å². The Kier molecular flexibility index (Phi) is 4.15. The normalized spacial score (nSPS) is 10.2. The van der Waals surface area contributed by atoms with Crippen LogP contribution in [0.1, 0.15) is 21.5 Å². The van der Waals surface area contributed by atoms with Crippen molar-refractivity contribution in [3.05, 3.63) is 65.2 Å². The van der Waals surface area contributed by atoms with Gasteiger partial charge in [0.1, 0.15) is 12.4 Å². The van der Waals surface area contributed by atoms with Gasteiger partial charge in [0.25, 0.3) is 0 Å². The molecule has 0 radical (unpaired) electrons. The van der Waals surface area contributed by atoms with Crippen LogP contribution in [0.2, 0.25) is 0 Å². The summed E-state index contributed by atoms with van der Waals surface area (Å²) < 4.78 is 5.58. The third-order valence-electron chi connectivity index (χ3n) is 2.77. The predicted octanol–water partition coefficient (Wildman–Crippen LogP) is 2.42. The fourth-order valence-electron chi connectivity index (χ4n) is 1.63. The van der Waals surface area contributed by atoms with Gasteiger partial charge in [0.2, 0.25) is 0 Å². The fourth-order valence-corrected chi connectivity index (χ4v) is 1.63.